The van der Waals surface area contributed by atoms with Crippen LogP contribution in [0.25, 0.3) is 0 Å². The molecule has 3 rings (SSSR count). The molecule has 1 unspecified atom stereocenters. The second kappa shape index (κ2) is 5.21. The molecule has 2 aromatic rings. The average Bonchev–Trinajstić information content (AvgIpc) is 2.92. The molecule has 1 aliphatic rings. The van der Waals surface area contributed by atoms with Crippen molar-refractivity contribution >= 4 is 6.29 Å². The van der Waals surface area contributed by atoms with Crippen molar-refractivity contribution in [3.8, 4) is 0 Å². The largest absolute Gasteiger partial charge is 0.356 e. The summed E-state index contributed by atoms with van der Waals surface area (Å²) in [6.45, 7) is 0. The van der Waals surface area contributed by atoms with E-state index in [4.69, 9.17) is 0 Å². The highest BCUT2D eigenvalue weighted by atomic mass is 16.1. The Morgan fingerprint density at radius 3 is 2.78 bits per heavy atom. The summed E-state index contributed by atoms with van der Waals surface area (Å²) in [6.07, 6.45) is 4.23. The summed E-state index contributed by atoms with van der Waals surface area (Å²) < 4.78 is 0. The number of hydrogen-bond acceptors (Lipinski definition) is 1. The lowest BCUT2D eigenvalue weighted by molar-refractivity contribution is 0.111. The summed E-state index contributed by atoms with van der Waals surface area (Å²) in [5.41, 5.74) is 4.69. The van der Waals surface area contributed by atoms with Gasteiger partial charge in [0.25, 0.3) is 0 Å². The summed E-state index contributed by atoms with van der Waals surface area (Å²) in [5.74, 6) is 0.567. The van der Waals surface area contributed by atoms with E-state index in [1.165, 1.54) is 23.2 Å². The first kappa shape index (κ1) is 12.6. The summed E-state index contributed by atoms with van der Waals surface area (Å²) in [7, 11) is 0. The van der Waals surface area contributed by atoms with Gasteiger partial charge in [0.15, 0.2) is 6.29 Å². The van der Waals surface area contributed by atoms with Crippen LogP contribution in [-0.4, -0.2) is 11.3 Å². The minimum absolute atomic E-state index is 0. The fourth-order valence-corrected chi connectivity index (χ4v) is 2.76. The SMILES string of the molecule is C.O=Cc1cc2c([nH]1)CCC2Cc1ccccc1. The first-order valence-corrected chi connectivity index (χ1v) is 6.07. The zero-order chi connectivity index (χ0) is 11.7. The van der Waals surface area contributed by atoms with Crippen LogP contribution in [0.15, 0.2) is 36.4 Å². The Bertz CT molecular complexity index is 527. The molecule has 1 aliphatic carbocycles. The average molecular weight is 241 g/mol. The molecule has 1 aromatic carbocycles. The Morgan fingerprint density at radius 1 is 1.28 bits per heavy atom. The van der Waals surface area contributed by atoms with Gasteiger partial charge < -0.3 is 4.98 Å². The van der Waals surface area contributed by atoms with Crippen LogP contribution in [0.4, 0.5) is 0 Å². The number of carbonyl (C=O) groups excluding carboxylic acids is 1. The van der Waals surface area contributed by atoms with Crippen molar-refractivity contribution in [1.29, 1.82) is 0 Å². The standard InChI is InChI=1S/C15H15NO.CH4/c17-10-13-9-14-12(6-7-15(14)16-13)8-11-4-2-1-3-5-11;/h1-5,9-10,12,16H,6-8H2;1H4. The molecule has 0 radical (unpaired) electrons. The highest BCUT2D eigenvalue weighted by Crippen LogP contribution is 2.35. The van der Waals surface area contributed by atoms with Gasteiger partial charge in [-0.05, 0) is 42.4 Å². The van der Waals surface area contributed by atoms with Gasteiger partial charge in [0.1, 0.15) is 0 Å². The second-order valence-corrected chi connectivity index (χ2v) is 4.70. The molecule has 2 heteroatoms. The minimum atomic E-state index is 0. The van der Waals surface area contributed by atoms with Gasteiger partial charge in [-0.2, -0.15) is 0 Å². The number of H-pyrrole nitrogens is 1. The third-order valence-electron chi connectivity index (χ3n) is 3.59. The van der Waals surface area contributed by atoms with E-state index in [1.807, 2.05) is 12.1 Å². The molecule has 0 fully saturated rings. The molecule has 0 bridgehead atoms. The maximum atomic E-state index is 10.7. The number of aryl methyl sites for hydroxylation is 1. The van der Waals surface area contributed by atoms with Crippen LogP contribution >= 0.6 is 0 Å². The molecule has 0 aliphatic heterocycles. The molecule has 0 saturated carbocycles. The van der Waals surface area contributed by atoms with Crippen molar-refractivity contribution in [2.24, 2.45) is 0 Å². The Morgan fingerprint density at radius 2 is 2.06 bits per heavy atom. The first-order chi connectivity index (χ1) is 8.36. The van der Waals surface area contributed by atoms with Crippen LogP contribution in [0.5, 0.6) is 0 Å². The Hall–Kier alpha value is -1.83. The number of benzene rings is 1. The lowest BCUT2D eigenvalue weighted by Gasteiger charge is -2.09. The summed E-state index contributed by atoms with van der Waals surface area (Å²) in [5, 5.41) is 0. The molecule has 1 aromatic heterocycles. The van der Waals surface area contributed by atoms with Gasteiger partial charge in [-0.1, -0.05) is 37.8 Å². The summed E-state index contributed by atoms with van der Waals surface area (Å²) in [4.78, 5) is 13.9. The molecular formula is C16H19NO. The zero-order valence-corrected chi connectivity index (χ0v) is 9.65. The Balaban J connectivity index is 0.00000120. The van der Waals surface area contributed by atoms with Crippen LogP contribution in [0.1, 0.15) is 47.1 Å². The normalized spacial score (nSPS) is 17.0. The smallest absolute Gasteiger partial charge is 0.166 e. The van der Waals surface area contributed by atoms with Gasteiger partial charge in [0, 0.05) is 5.69 Å². The Labute approximate surface area is 108 Å². The van der Waals surface area contributed by atoms with Crippen LogP contribution in [0.3, 0.4) is 0 Å². The number of nitrogens with one attached hydrogen (secondary N) is 1. The monoisotopic (exact) mass is 241 g/mol. The van der Waals surface area contributed by atoms with Crippen molar-refractivity contribution in [2.45, 2.75) is 32.6 Å². The van der Waals surface area contributed by atoms with Crippen LogP contribution in [-0.2, 0) is 12.8 Å². The van der Waals surface area contributed by atoms with E-state index < -0.39 is 0 Å². The van der Waals surface area contributed by atoms with E-state index in [9.17, 15) is 4.79 Å². The minimum Gasteiger partial charge on any atom is -0.356 e. The van der Waals surface area contributed by atoms with Crippen molar-refractivity contribution in [3.05, 3.63) is 58.9 Å². The molecule has 0 saturated heterocycles. The number of aldehydes is 1. The van der Waals surface area contributed by atoms with E-state index in [1.54, 1.807) is 0 Å². The van der Waals surface area contributed by atoms with Crippen LogP contribution in [0.2, 0.25) is 0 Å². The number of hydrogen-bond donors (Lipinski definition) is 1. The predicted octanol–water partition coefficient (Wildman–Crippen LogP) is 3.74. The quantitative estimate of drug-likeness (QED) is 0.816. The van der Waals surface area contributed by atoms with Crippen molar-refractivity contribution < 1.29 is 4.79 Å². The van der Waals surface area contributed by atoms with Crippen LogP contribution in [0, 0.1) is 0 Å². The van der Waals surface area contributed by atoms with Gasteiger partial charge in [-0.3, -0.25) is 4.79 Å². The number of rotatable bonds is 3. The number of aromatic nitrogens is 1. The van der Waals surface area contributed by atoms with E-state index in [0.29, 0.717) is 11.6 Å². The van der Waals surface area contributed by atoms with Crippen molar-refractivity contribution in [1.82, 2.24) is 4.98 Å². The van der Waals surface area contributed by atoms with Gasteiger partial charge in [0.05, 0.1) is 5.69 Å². The number of aromatic amines is 1. The molecule has 18 heavy (non-hydrogen) atoms. The van der Waals surface area contributed by atoms with E-state index >= 15 is 0 Å². The fourth-order valence-electron chi connectivity index (χ4n) is 2.76. The topological polar surface area (TPSA) is 32.9 Å². The van der Waals surface area contributed by atoms with Gasteiger partial charge in [-0.15, -0.1) is 0 Å². The molecule has 1 N–H and O–H groups in total. The molecule has 1 heterocycles. The molecule has 94 valence electrons. The van der Waals surface area contributed by atoms with Gasteiger partial charge in [-0.25, -0.2) is 0 Å². The zero-order valence-electron chi connectivity index (χ0n) is 9.65. The van der Waals surface area contributed by atoms with Crippen LogP contribution < -0.4 is 0 Å². The van der Waals surface area contributed by atoms with Crippen molar-refractivity contribution in [3.63, 3.8) is 0 Å². The van der Waals surface area contributed by atoms with Crippen molar-refractivity contribution in [2.75, 3.05) is 0 Å². The van der Waals surface area contributed by atoms with E-state index in [-0.39, 0.29) is 7.43 Å². The summed E-state index contributed by atoms with van der Waals surface area (Å²) >= 11 is 0. The highest BCUT2D eigenvalue weighted by Gasteiger charge is 2.24. The third kappa shape index (κ3) is 2.23. The lowest BCUT2D eigenvalue weighted by Crippen LogP contribution is -1.97. The van der Waals surface area contributed by atoms with Gasteiger partial charge in [0.2, 0.25) is 0 Å². The Kier molecular flexibility index (Phi) is 3.66. The number of carbonyl (C=O) groups is 1. The van der Waals surface area contributed by atoms with E-state index in [2.05, 4.69) is 29.2 Å². The van der Waals surface area contributed by atoms with Gasteiger partial charge >= 0.3 is 0 Å². The molecule has 0 spiro atoms. The molecular weight excluding hydrogens is 222 g/mol. The van der Waals surface area contributed by atoms with E-state index in [0.717, 1.165) is 19.1 Å². The molecule has 1 atom stereocenters. The second-order valence-electron chi connectivity index (χ2n) is 4.70. The maximum absolute atomic E-state index is 10.7. The first-order valence-electron chi connectivity index (χ1n) is 6.07. The maximum Gasteiger partial charge on any atom is 0.166 e. The third-order valence-corrected chi connectivity index (χ3v) is 3.59. The molecule has 0 amide bonds. The lowest BCUT2D eigenvalue weighted by atomic mass is 9.95. The molecule has 2 nitrogen and oxygen atoms in total. The predicted molar refractivity (Wildman–Crippen MR) is 74.1 cm³/mol. The fraction of sp³-hybridized carbons (Fsp3) is 0.312. The highest BCUT2D eigenvalue weighted by molar-refractivity contribution is 5.73. The number of fused-ring (bicyclic) bond motifs is 1. The summed E-state index contributed by atoms with van der Waals surface area (Å²) in [6, 6.07) is 12.6.